The van der Waals surface area contributed by atoms with Crippen molar-refractivity contribution in [2.75, 3.05) is 19.6 Å². The van der Waals surface area contributed by atoms with Crippen LogP contribution >= 0.6 is 0 Å². The monoisotopic (exact) mass is 274 g/mol. The van der Waals surface area contributed by atoms with Gasteiger partial charge in [-0.3, -0.25) is 4.90 Å². The molecule has 3 nitrogen and oxygen atoms in total. The highest BCUT2D eigenvalue weighted by molar-refractivity contribution is 5.28. The van der Waals surface area contributed by atoms with E-state index in [1.54, 1.807) is 0 Å². The van der Waals surface area contributed by atoms with Crippen molar-refractivity contribution in [3.05, 3.63) is 29.8 Å². The number of ether oxygens (including phenoxy) is 1. The van der Waals surface area contributed by atoms with Crippen LogP contribution in [0.2, 0.25) is 0 Å². The highest BCUT2D eigenvalue weighted by atomic mass is 16.5. The van der Waals surface area contributed by atoms with Crippen LogP contribution in [0.4, 0.5) is 0 Å². The predicted octanol–water partition coefficient (Wildman–Crippen LogP) is 2.80. The Labute approximate surface area is 122 Å². The van der Waals surface area contributed by atoms with Crippen molar-refractivity contribution in [2.45, 2.75) is 51.3 Å². The fourth-order valence-corrected chi connectivity index (χ4v) is 3.33. The molecule has 1 aromatic carbocycles. The topological polar surface area (TPSA) is 24.5 Å². The maximum atomic E-state index is 6.10. The Hall–Kier alpha value is -1.06. The first-order valence-electron chi connectivity index (χ1n) is 8.01. The smallest absolute Gasteiger partial charge is 0.120 e. The maximum Gasteiger partial charge on any atom is 0.120 e. The molecule has 1 heterocycles. The Morgan fingerprint density at radius 3 is 2.95 bits per heavy atom. The number of rotatable bonds is 4. The SMILES string of the molecule is CC1CN(Cc2cccc(OC3CCCC3)c2)CCN1. The zero-order valence-corrected chi connectivity index (χ0v) is 12.5. The van der Waals surface area contributed by atoms with E-state index in [0.29, 0.717) is 12.1 Å². The van der Waals surface area contributed by atoms with E-state index < -0.39 is 0 Å². The molecule has 0 spiro atoms. The molecule has 1 saturated carbocycles. The van der Waals surface area contributed by atoms with Gasteiger partial charge in [0.25, 0.3) is 0 Å². The van der Waals surface area contributed by atoms with Crippen LogP contribution in [0.5, 0.6) is 5.75 Å². The van der Waals surface area contributed by atoms with Crippen LogP contribution in [0.1, 0.15) is 38.2 Å². The van der Waals surface area contributed by atoms with E-state index in [1.807, 2.05) is 0 Å². The van der Waals surface area contributed by atoms with Crippen LogP contribution < -0.4 is 10.1 Å². The highest BCUT2D eigenvalue weighted by Crippen LogP contribution is 2.25. The van der Waals surface area contributed by atoms with Crippen LogP contribution in [0.3, 0.4) is 0 Å². The third kappa shape index (κ3) is 3.74. The molecule has 1 aliphatic heterocycles. The molecule has 110 valence electrons. The van der Waals surface area contributed by atoms with Crippen molar-refractivity contribution in [3.63, 3.8) is 0 Å². The molecule has 3 rings (SSSR count). The van der Waals surface area contributed by atoms with Gasteiger partial charge in [0.2, 0.25) is 0 Å². The van der Waals surface area contributed by atoms with E-state index >= 15 is 0 Å². The summed E-state index contributed by atoms with van der Waals surface area (Å²) in [6, 6.07) is 9.27. The quantitative estimate of drug-likeness (QED) is 0.913. The Morgan fingerprint density at radius 2 is 2.15 bits per heavy atom. The fourth-order valence-electron chi connectivity index (χ4n) is 3.33. The molecule has 2 aliphatic rings. The molecule has 1 saturated heterocycles. The molecule has 0 amide bonds. The number of hydrogen-bond acceptors (Lipinski definition) is 3. The average Bonchev–Trinajstić information content (AvgIpc) is 2.92. The average molecular weight is 274 g/mol. The normalized spacial score (nSPS) is 24.9. The van der Waals surface area contributed by atoms with Crippen molar-refractivity contribution in [1.82, 2.24) is 10.2 Å². The lowest BCUT2D eigenvalue weighted by Gasteiger charge is -2.31. The van der Waals surface area contributed by atoms with Gasteiger partial charge in [-0.2, -0.15) is 0 Å². The molecule has 20 heavy (non-hydrogen) atoms. The van der Waals surface area contributed by atoms with Gasteiger partial charge >= 0.3 is 0 Å². The van der Waals surface area contributed by atoms with Crippen LogP contribution in [0.15, 0.2) is 24.3 Å². The molecule has 1 N–H and O–H groups in total. The lowest BCUT2D eigenvalue weighted by atomic mass is 10.1. The number of hydrogen-bond donors (Lipinski definition) is 1. The summed E-state index contributed by atoms with van der Waals surface area (Å²) in [6.45, 7) is 6.66. The number of nitrogens with zero attached hydrogens (tertiary/aromatic N) is 1. The van der Waals surface area contributed by atoms with Crippen LogP contribution in [-0.4, -0.2) is 36.7 Å². The molecule has 1 aromatic rings. The molecule has 1 atom stereocenters. The minimum atomic E-state index is 0.449. The summed E-state index contributed by atoms with van der Waals surface area (Å²) in [4.78, 5) is 2.52. The van der Waals surface area contributed by atoms with Gasteiger partial charge in [0.15, 0.2) is 0 Å². The van der Waals surface area contributed by atoms with Gasteiger partial charge in [-0.1, -0.05) is 12.1 Å². The van der Waals surface area contributed by atoms with Crippen molar-refractivity contribution >= 4 is 0 Å². The van der Waals surface area contributed by atoms with Gasteiger partial charge in [0.1, 0.15) is 5.75 Å². The van der Waals surface area contributed by atoms with Gasteiger partial charge in [-0.15, -0.1) is 0 Å². The Morgan fingerprint density at radius 1 is 1.30 bits per heavy atom. The van der Waals surface area contributed by atoms with Gasteiger partial charge in [0.05, 0.1) is 6.10 Å². The summed E-state index contributed by atoms with van der Waals surface area (Å²) in [5.74, 6) is 1.05. The number of piperazine rings is 1. The third-order valence-corrected chi connectivity index (χ3v) is 4.36. The maximum absolute atomic E-state index is 6.10. The summed E-state index contributed by atoms with van der Waals surface area (Å²) < 4.78 is 6.10. The van der Waals surface area contributed by atoms with Gasteiger partial charge in [-0.25, -0.2) is 0 Å². The van der Waals surface area contributed by atoms with Crippen LogP contribution in [0.25, 0.3) is 0 Å². The zero-order valence-electron chi connectivity index (χ0n) is 12.5. The number of benzene rings is 1. The Kier molecular flexibility index (Phi) is 4.58. The van der Waals surface area contributed by atoms with E-state index in [-0.39, 0.29) is 0 Å². The van der Waals surface area contributed by atoms with E-state index in [1.165, 1.54) is 31.2 Å². The lowest BCUT2D eigenvalue weighted by Crippen LogP contribution is -2.48. The second-order valence-electron chi connectivity index (χ2n) is 6.26. The zero-order chi connectivity index (χ0) is 13.8. The lowest BCUT2D eigenvalue weighted by molar-refractivity contribution is 0.197. The Bertz CT molecular complexity index is 429. The molecule has 0 aromatic heterocycles. The van der Waals surface area contributed by atoms with E-state index in [2.05, 4.69) is 41.4 Å². The molecular weight excluding hydrogens is 248 g/mol. The first-order valence-corrected chi connectivity index (χ1v) is 8.01. The van der Waals surface area contributed by atoms with E-state index in [4.69, 9.17) is 4.74 Å². The summed E-state index contributed by atoms with van der Waals surface area (Å²) in [7, 11) is 0. The fraction of sp³-hybridized carbons (Fsp3) is 0.647. The molecular formula is C17H26N2O. The van der Waals surface area contributed by atoms with Crippen LogP contribution in [0, 0.1) is 0 Å². The van der Waals surface area contributed by atoms with E-state index in [0.717, 1.165) is 31.9 Å². The second kappa shape index (κ2) is 6.59. The third-order valence-electron chi connectivity index (χ3n) is 4.36. The minimum Gasteiger partial charge on any atom is -0.490 e. The summed E-state index contributed by atoms with van der Waals surface area (Å²) in [6.07, 6.45) is 5.54. The summed E-state index contributed by atoms with van der Waals surface area (Å²) in [5.41, 5.74) is 1.37. The first kappa shape index (κ1) is 13.9. The second-order valence-corrected chi connectivity index (χ2v) is 6.26. The summed E-state index contributed by atoms with van der Waals surface area (Å²) >= 11 is 0. The molecule has 1 aliphatic carbocycles. The minimum absolute atomic E-state index is 0.449. The van der Waals surface area contributed by atoms with Crippen molar-refractivity contribution in [1.29, 1.82) is 0 Å². The summed E-state index contributed by atoms with van der Waals surface area (Å²) in [5, 5.41) is 3.49. The van der Waals surface area contributed by atoms with Gasteiger partial charge < -0.3 is 10.1 Å². The van der Waals surface area contributed by atoms with Gasteiger partial charge in [0, 0.05) is 32.2 Å². The largest absolute Gasteiger partial charge is 0.490 e. The Balaban J connectivity index is 1.58. The molecule has 0 bridgehead atoms. The molecule has 0 radical (unpaired) electrons. The molecule has 1 unspecified atom stereocenters. The number of nitrogens with one attached hydrogen (secondary N) is 1. The first-order chi connectivity index (χ1) is 9.79. The van der Waals surface area contributed by atoms with Crippen molar-refractivity contribution in [3.8, 4) is 5.75 Å². The van der Waals surface area contributed by atoms with Crippen LogP contribution in [-0.2, 0) is 6.54 Å². The van der Waals surface area contributed by atoms with Crippen molar-refractivity contribution in [2.24, 2.45) is 0 Å². The highest BCUT2D eigenvalue weighted by Gasteiger charge is 2.18. The predicted molar refractivity (Wildman–Crippen MR) is 82.1 cm³/mol. The standard InChI is InChI=1S/C17H26N2O/c1-14-12-19(10-9-18-14)13-15-5-4-8-17(11-15)20-16-6-2-3-7-16/h4-5,8,11,14,16,18H,2-3,6-7,9-10,12-13H2,1H3. The van der Waals surface area contributed by atoms with Crippen molar-refractivity contribution < 1.29 is 4.74 Å². The molecule has 2 fully saturated rings. The van der Waals surface area contributed by atoms with E-state index in [9.17, 15) is 0 Å². The van der Waals surface area contributed by atoms with Gasteiger partial charge in [-0.05, 0) is 50.3 Å². The molecule has 3 heteroatoms.